The number of aliphatic hydroxyl groups excluding tert-OH is 2. The van der Waals surface area contributed by atoms with Crippen molar-refractivity contribution in [2.24, 2.45) is 16.5 Å². The zero-order valence-electron chi connectivity index (χ0n) is 6.81. The SMILES string of the molecule is NC(N)=NCCOCC(O)CO. The summed E-state index contributed by atoms with van der Waals surface area (Å²) in [6.07, 6.45) is -0.829. The summed E-state index contributed by atoms with van der Waals surface area (Å²) in [4.78, 5) is 3.65. The number of rotatable bonds is 6. The lowest BCUT2D eigenvalue weighted by atomic mass is 10.4. The first kappa shape index (κ1) is 11.2. The third-order valence-electron chi connectivity index (χ3n) is 1.05. The zero-order chi connectivity index (χ0) is 9.40. The molecule has 0 saturated heterocycles. The molecule has 0 fully saturated rings. The fraction of sp³-hybridized carbons (Fsp3) is 0.833. The van der Waals surface area contributed by atoms with E-state index in [9.17, 15) is 0 Å². The van der Waals surface area contributed by atoms with E-state index in [1.807, 2.05) is 0 Å². The molecule has 0 aliphatic carbocycles. The average Bonchev–Trinajstić information content (AvgIpc) is 2.03. The van der Waals surface area contributed by atoms with Crippen LogP contribution in [-0.2, 0) is 4.74 Å². The molecule has 6 N–H and O–H groups in total. The Morgan fingerprint density at radius 2 is 2.17 bits per heavy atom. The van der Waals surface area contributed by atoms with Crippen molar-refractivity contribution in [3.05, 3.63) is 0 Å². The highest BCUT2D eigenvalue weighted by atomic mass is 16.5. The van der Waals surface area contributed by atoms with Crippen LogP contribution in [-0.4, -0.2) is 48.6 Å². The summed E-state index contributed by atoms with van der Waals surface area (Å²) in [6.45, 7) is 0.480. The first-order valence-electron chi connectivity index (χ1n) is 3.59. The number of ether oxygens (including phenoxy) is 1. The molecule has 0 amide bonds. The summed E-state index contributed by atoms with van der Waals surface area (Å²) in [5, 5.41) is 17.2. The van der Waals surface area contributed by atoms with E-state index in [4.69, 9.17) is 26.4 Å². The minimum atomic E-state index is -0.829. The van der Waals surface area contributed by atoms with Gasteiger partial charge in [0.25, 0.3) is 0 Å². The third kappa shape index (κ3) is 7.26. The van der Waals surface area contributed by atoms with Gasteiger partial charge in [0, 0.05) is 0 Å². The maximum Gasteiger partial charge on any atom is 0.185 e. The molecule has 0 aromatic heterocycles. The van der Waals surface area contributed by atoms with Crippen LogP contribution in [0.4, 0.5) is 0 Å². The molecule has 0 aliphatic heterocycles. The molecule has 72 valence electrons. The molecule has 0 heterocycles. The van der Waals surface area contributed by atoms with Crippen molar-refractivity contribution in [1.82, 2.24) is 0 Å². The second-order valence-corrected chi connectivity index (χ2v) is 2.22. The number of aliphatic imine (C=N–C) groups is 1. The Balaban J connectivity index is 3.16. The quantitative estimate of drug-likeness (QED) is 0.206. The fourth-order valence-electron chi connectivity index (χ4n) is 0.511. The van der Waals surface area contributed by atoms with Gasteiger partial charge in [0.15, 0.2) is 5.96 Å². The molecule has 0 aliphatic rings. The molecule has 0 rings (SSSR count). The Morgan fingerprint density at radius 1 is 1.50 bits per heavy atom. The van der Waals surface area contributed by atoms with Gasteiger partial charge in [-0.3, -0.25) is 4.99 Å². The predicted molar refractivity (Wildman–Crippen MR) is 44.6 cm³/mol. The van der Waals surface area contributed by atoms with Gasteiger partial charge in [0.05, 0.1) is 26.4 Å². The number of guanidine groups is 1. The minimum Gasteiger partial charge on any atom is -0.394 e. The second-order valence-electron chi connectivity index (χ2n) is 2.22. The van der Waals surface area contributed by atoms with Crippen molar-refractivity contribution in [2.75, 3.05) is 26.4 Å². The summed E-state index contributed by atoms with van der Waals surface area (Å²) < 4.78 is 4.91. The molecule has 1 unspecified atom stereocenters. The van der Waals surface area contributed by atoms with Gasteiger partial charge in [-0.1, -0.05) is 0 Å². The number of hydrogen-bond donors (Lipinski definition) is 4. The van der Waals surface area contributed by atoms with Gasteiger partial charge in [-0.2, -0.15) is 0 Å². The van der Waals surface area contributed by atoms with Crippen molar-refractivity contribution in [3.63, 3.8) is 0 Å². The molecular formula is C6H15N3O3. The van der Waals surface area contributed by atoms with Crippen molar-refractivity contribution in [3.8, 4) is 0 Å². The molecule has 0 aromatic carbocycles. The lowest BCUT2D eigenvalue weighted by molar-refractivity contribution is 0.00881. The van der Waals surface area contributed by atoms with Crippen molar-refractivity contribution >= 4 is 5.96 Å². The van der Waals surface area contributed by atoms with Crippen LogP contribution in [0.3, 0.4) is 0 Å². The second kappa shape index (κ2) is 6.84. The van der Waals surface area contributed by atoms with E-state index >= 15 is 0 Å². The van der Waals surface area contributed by atoms with Crippen LogP contribution in [0.25, 0.3) is 0 Å². The van der Waals surface area contributed by atoms with Gasteiger partial charge in [0.2, 0.25) is 0 Å². The van der Waals surface area contributed by atoms with E-state index in [0.29, 0.717) is 13.2 Å². The van der Waals surface area contributed by atoms with E-state index in [0.717, 1.165) is 0 Å². The van der Waals surface area contributed by atoms with Gasteiger partial charge in [0.1, 0.15) is 6.10 Å². The maximum absolute atomic E-state index is 8.81. The summed E-state index contributed by atoms with van der Waals surface area (Å²) in [5.74, 6) is 0.0151. The molecule has 0 bridgehead atoms. The molecular weight excluding hydrogens is 162 g/mol. The van der Waals surface area contributed by atoms with E-state index in [-0.39, 0.29) is 19.2 Å². The lowest BCUT2D eigenvalue weighted by Gasteiger charge is -2.06. The van der Waals surface area contributed by atoms with Crippen LogP contribution in [0.1, 0.15) is 0 Å². The van der Waals surface area contributed by atoms with E-state index < -0.39 is 6.10 Å². The fourth-order valence-corrected chi connectivity index (χ4v) is 0.511. The number of hydrogen-bond acceptors (Lipinski definition) is 4. The normalized spacial score (nSPS) is 12.5. The topological polar surface area (TPSA) is 114 Å². The molecule has 12 heavy (non-hydrogen) atoms. The number of nitrogens with zero attached hydrogens (tertiary/aromatic N) is 1. The minimum absolute atomic E-state index is 0.0151. The van der Waals surface area contributed by atoms with Crippen LogP contribution in [0.5, 0.6) is 0 Å². The van der Waals surface area contributed by atoms with Gasteiger partial charge in [-0.05, 0) is 0 Å². The molecule has 0 spiro atoms. The Kier molecular flexibility index (Phi) is 6.35. The van der Waals surface area contributed by atoms with Gasteiger partial charge >= 0.3 is 0 Å². The molecule has 1 atom stereocenters. The molecule has 6 heteroatoms. The molecule has 6 nitrogen and oxygen atoms in total. The highest BCUT2D eigenvalue weighted by Crippen LogP contribution is 1.83. The molecule has 0 aromatic rings. The molecule has 0 saturated carbocycles. The predicted octanol–water partition coefficient (Wildman–Crippen LogP) is -2.37. The van der Waals surface area contributed by atoms with Crippen LogP contribution in [0.2, 0.25) is 0 Å². The smallest absolute Gasteiger partial charge is 0.185 e. The Bertz CT molecular complexity index is 136. The summed E-state index contributed by atoms with van der Waals surface area (Å²) in [5.41, 5.74) is 10.1. The summed E-state index contributed by atoms with van der Waals surface area (Å²) in [6, 6.07) is 0. The van der Waals surface area contributed by atoms with Crippen LogP contribution < -0.4 is 11.5 Å². The van der Waals surface area contributed by atoms with Crippen molar-refractivity contribution in [2.45, 2.75) is 6.10 Å². The van der Waals surface area contributed by atoms with Crippen molar-refractivity contribution in [1.29, 1.82) is 0 Å². The average molecular weight is 177 g/mol. The van der Waals surface area contributed by atoms with Crippen LogP contribution in [0, 0.1) is 0 Å². The standard InChI is InChI=1S/C6H15N3O3/c7-6(8)9-1-2-12-4-5(11)3-10/h5,10-11H,1-4H2,(H4,7,8,9). The number of aliphatic hydroxyl groups is 2. The van der Waals surface area contributed by atoms with Gasteiger partial charge in [-0.25, -0.2) is 0 Å². The highest BCUT2D eigenvalue weighted by molar-refractivity contribution is 5.75. The first-order chi connectivity index (χ1) is 5.66. The maximum atomic E-state index is 8.81. The Morgan fingerprint density at radius 3 is 2.67 bits per heavy atom. The lowest BCUT2D eigenvalue weighted by Crippen LogP contribution is -2.24. The van der Waals surface area contributed by atoms with E-state index in [1.54, 1.807) is 0 Å². The monoisotopic (exact) mass is 177 g/mol. The number of nitrogens with two attached hydrogens (primary N) is 2. The largest absolute Gasteiger partial charge is 0.394 e. The summed E-state index contributed by atoms with van der Waals surface area (Å²) >= 11 is 0. The van der Waals surface area contributed by atoms with Crippen molar-refractivity contribution < 1.29 is 14.9 Å². The Labute approximate surface area is 70.8 Å². The van der Waals surface area contributed by atoms with Gasteiger partial charge in [-0.15, -0.1) is 0 Å². The van der Waals surface area contributed by atoms with Crippen LogP contribution >= 0.6 is 0 Å². The highest BCUT2D eigenvalue weighted by Gasteiger charge is 1.99. The zero-order valence-corrected chi connectivity index (χ0v) is 6.81. The van der Waals surface area contributed by atoms with Gasteiger partial charge < -0.3 is 26.4 Å². The van der Waals surface area contributed by atoms with Crippen LogP contribution in [0.15, 0.2) is 4.99 Å². The third-order valence-corrected chi connectivity index (χ3v) is 1.05. The molecule has 0 radical (unpaired) electrons. The Hall–Kier alpha value is -0.850. The first-order valence-corrected chi connectivity index (χ1v) is 3.59. The van der Waals surface area contributed by atoms with E-state index in [1.165, 1.54) is 0 Å². The van der Waals surface area contributed by atoms with E-state index in [2.05, 4.69) is 4.99 Å². The summed E-state index contributed by atoms with van der Waals surface area (Å²) in [7, 11) is 0.